The standard InChI is InChI=1S/C16H12N4O3S.C11H8ClN3O2S.C5H5NO/c21-24(22)14-4-2-1-3-12(14)11-20(24)15-7-10-18-16(19-15)23-13-5-8-17-9-6-13;12-11-13-6-5-10(14-11)15-7-8-3-1-2-4-9(8)18(15,16)17;7-5-1-3-6-4-2-5/h1-10H,11H2;1-6H,7H2;1-4H,(H,6,7). The Balaban J connectivity index is 0.000000146. The van der Waals surface area contributed by atoms with Gasteiger partial charge in [0.05, 0.1) is 22.9 Å². The van der Waals surface area contributed by atoms with E-state index in [2.05, 4.69) is 29.9 Å². The predicted octanol–water partition coefficient (Wildman–Crippen LogP) is 4.59. The number of nitrogens with one attached hydrogen (secondary N) is 1. The Bertz CT molecular complexity index is 2360. The van der Waals surface area contributed by atoms with Gasteiger partial charge in [-0.3, -0.25) is 9.78 Å². The fourth-order valence-electron chi connectivity index (χ4n) is 4.77. The van der Waals surface area contributed by atoms with Crippen molar-refractivity contribution in [3.8, 4) is 11.8 Å². The van der Waals surface area contributed by atoms with E-state index in [9.17, 15) is 21.6 Å². The van der Waals surface area contributed by atoms with E-state index in [0.29, 0.717) is 15.5 Å². The molecule has 6 heterocycles. The first-order chi connectivity index (χ1) is 23.6. The smallest absolute Gasteiger partial charge is 0.323 e. The molecule has 0 atom stereocenters. The third-order valence-corrected chi connectivity index (χ3v) is 10.9. The molecule has 49 heavy (non-hydrogen) atoms. The van der Waals surface area contributed by atoms with Crippen LogP contribution in [0.2, 0.25) is 5.28 Å². The van der Waals surface area contributed by atoms with Gasteiger partial charge in [0, 0.05) is 61.4 Å². The Kier molecular flexibility index (Phi) is 9.61. The molecule has 0 amide bonds. The van der Waals surface area contributed by atoms with Crippen LogP contribution in [0.25, 0.3) is 0 Å². The lowest BCUT2D eigenvalue weighted by Gasteiger charge is -2.16. The highest BCUT2D eigenvalue weighted by atomic mass is 35.5. The van der Waals surface area contributed by atoms with Gasteiger partial charge in [0.25, 0.3) is 20.0 Å². The molecule has 0 radical (unpaired) electrons. The van der Waals surface area contributed by atoms with Crippen LogP contribution in [0.4, 0.5) is 11.6 Å². The number of ether oxygens (including phenoxy) is 1. The van der Waals surface area contributed by atoms with Crippen molar-refractivity contribution >= 4 is 43.3 Å². The van der Waals surface area contributed by atoms with Crippen LogP contribution in [0.15, 0.2) is 137 Å². The molecule has 0 fully saturated rings. The maximum absolute atomic E-state index is 12.7. The van der Waals surface area contributed by atoms with Crippen LogP contribution in [-0.4, -0.2) is 46.7 Å². The second kappa shape index (κ2) is 14.2. The SMILES string of the molecule is O=S1(=O)c2ccccc2CN1c1ccnc(Cl)n1.O=S1(=O)c2ccccc2CN1c1ccnc(Oc2ccncc2)n1.O=c1cc[nH]cc1. The molecule has 1 N–H and O–H groups in total. The molecule has 0 unspecified atom stereocenters. The first kappa shape index (κ1) is 33.2. The van der Waals surface area contributed by atoms with Gasteiger partial charge in [-0.1, -0.05) is 36.4 Å². The van der Waals surface area contributed by atoms with E-state index in [1.54, 1.807) is 79.4 Å². The molecule has 0 aliphatic carbocycles. The molecule has 17 heteroatoms. The van der Waals surface area contributed by atoms with E-state index in [1.165, 1.54) is 39.2 Å². The van der Waals surface area contributed by atoms with Crippen molar-refractivity contribution in [2.24, 2.45) is 0 Å². The van der Waals surface area contributed by atoms with Crippen molar-refractivity contribution in [1.82, 2.24) is 29.9 Å². The lowest BCUT2D eigenvalue weighted by Crippen LogP contribution is -2.24. The first-order valence-corrected chi connectivity index (χ1v) is 17.6. The number of anilines is 2. The number of H-pyrrole nitrogens is 1. The highest BCUT2D eigenvalue weighted by Crippen LogP contribution is 2.35. The third-order valence-electron chi connectivity index (χ3n) is 7.00. The van der Waals surface area contributed by atoms with E-state index in [4.69, 9.17) is 16.3 Å². The Morgan fingerprint density at radius 2 is 1.18 bits per heavy atom. The molecule has 14 nitrogen and oxygen atoms in total. The number of rotatable bonds is 4. The molecule has 6 aromatic rings. The molecule has 2 aromatic carbocycles. The molecule has 0 spiro atoms. The van der Waals surface area contributed by atoms with Crippen LogP contribution in [0.5, 0.6) is 11.8 Å². The van der Waals surface area contributed by atoms with Gasteiger partial charge < -0.3 is 9.72 Å². The number of sulfonamides is 2. The fraction of sp³-hybridized carbons (Fsp3) is 0.0625. The number of aromatic nitrogens is 6. The monoisotopic (exact) mass is 716 g/mol. The van der Waals surface area contributed by atoms with Gasteiger partial charge in [0.1, 0.15) is 17.4 Å². The molecular weight excluding hydrogens is 692 g/mol. The lowest BCUT2D eigenvalue weighted by atomic mass is 10.2. The summed E-state index contributed by atoms with van der Waals surface area (Å²) in [5, 5.41) is 0.0265. The average molecular weight is 717 g/mol. The van der Waals surface area contributed by atoms with Gasteiger partial charge in [-0.15, -0.1) is 0 Å². The average Bonchev–Trinajstić information content (AvgIpc) is 3.55. The van der Waals surface area contributed by atoms with Gasteiger partial charge in [-0.25, -0.2) is 35.4 Å². The summed E-state index contributed by atoms with van der Waals surface area (Å²) in [7, 11) is -7.14. The third kappa shape index (κ3) is 7.40. The number of benzene rings is 2. The van der Waals surface area contributed by atoms with E-state index >= 15 is 0 Å². The second-order valence-corrected chi connectivity index (χ2v) is 14.1. The molecule has 248 valence electrons. The second-order valence-electron chi connectivity index (χ2n) is 10.1. The Morgan fingerprint density at radius 3 is 1.69 bits per heavy atom. The van der Waals surface area contributed by atoms with Crippen LogP contribution < -0.4 is 18.8 Å². The number of fused-ring (bicyclic) bond motifs is 2. The predicted molar refractivity (Wildman–Crippen MR) is 180 cm³/mol. The molecule has 0 saturated carbocycles. The fourth-order valence-corrected chi connectivity index (χ4v) is 8.13. The summed E-state index contributed by atoms with van der Waals surface area (Å²) >= 11 is 5.68. The van der Waals surface area contributed by atoms with Crippen LogP contribution in [-0.2, 0) is 33.1 Å². The molecule has 2 aliphatic heterocycles. The first-order valence-electron chi connectivity index (χ1n) is 14.4. The molecule has 2 aliphatic rings. The number of aromatic amines is 1. The van der Waals surface area contributed by atoms with Crippen molar-refractivity contribution in [3.63, 3.8) is 0 Å². The zero-order valence-electron chi connectivity index (χ0n) is 25.2. The maximum Gasteiger partial charge on any atom is 0.323 e. The summed E-state index contributed by atoms with van der Waals surface area (Å²) in [6, 6.07) is 23.2. The minimum atomic E-state index is -3.61. The van der Waals surface area contributed by atoms with Crippen molar-refractivity contribution in [3.05, 3.63) is 149 Å². The number of hydrogen-bond acceptors (Lipinski definition) is 11. The topological polar surface area (TPSA) is 181 Å². The van der Waals surface area contributed by atoms with Gasteiger partial charge in [0.2, 0.25) is 5.28 Å². The summed E-state index contributed by atoms with van der Waals surface area (Å²) in [6.07, 6.45) is 9.27. The summed E-state index contributed by atoms with van der Waals surface area (Å²) in [4.78, 5) is 33.4. The molecule has 0 saturated heterocycles. The van der Waals surface area contributed by atoms with E-state index in [-0.39, 0.29) is 41.4 Å². The van der Waals surface area contributed by atoms with Crippen LogP contribution in [0, 0.1) is 0 Å². The number of nitrogens with zero attached hydrogens (tertiary/aromatic N) is 7. The minimum absolute atomic E-state index is 0.0265. The quantitative estimate of drug-likeness (QED) is 0.252. The van der Waals surface area contributed by atoms with Gasteiger partial charge in [-0.2, -0.15) is 9.97 Å². The van der Waals surface area contributed by atoms with Crippen molar-refractivity contribution < 1.29 is 21.6 Å². The van der Waals surface area contributed by atoms with Gasteiger partial charge >= 0.3 is 6.01 Å². The van der Waals surface area contributed by atoms with E-state index in [0.717, 1.165) is 11.1 Å². The Labute approximate surface area is 285 Å². The van der Waals surface area contributed by atoms with E-state index < -0.39 is 20.0 Å². The highest BCUT2D eigenvalue weighted by molar-refractivity contribution is 7.93. The van der Waals surface area contributed by atoms with Crippen LogP contribution in [0.3, 0.4) is 0 Å². The minimum Gasteiger partial charge on any atom is -0.424 e. The van der Waals surface area contributed by atoms with Gasteiger partial charge in [-0.05, 0) is 47.0 Å². The Morgan fingerprint density at radius 1 is 0.653 bits per heavy atom. The van der Waals surface area contributed by atoms with Crippen LogP contribution >= 0.6 is 11.6 Å². The van der Waals surface area contributed by atoms with E-state index in [1.807, 2.05) is 12.1 Å². The number of pyridine rings is 2. The summed E-state index contributed by atoms with van der Waals surface area (Å²) in [5.41, 5.74) is 1.54. The number of halogens is 1. The normalized spacial score (nSPS) is 14.7. The molecule has 4 aromatic heterocycles. The molecule has 0 bridgehead atoms. The maximum atomic E-state index is 12.7. The zero-order chi connectivity index (χ0) is 34.4. The molecular formula is C32H25ClN8O6S2. The summed E-state index contributed by atoms with van der Waals surface area (Å²) < 4.78 is 58.0. The number of hydrogen-bond donors (Lipinski definition) is 1. The van der Waals surface area contributed by atoms with Gasteiger partial charge in [0.15, 0.2) is 5.43 Å². The zero-order valence-corrected chi connectivity index (χ0v) is 27.6. The molecule has 8 rings (SSSR count). The van der Waals surface area contributed by atoms with Crippen molar-refractivity contribution in [1.29, 1.82) is 0 Å². The Hall–Kier alpha value is -5.71. The van der Waals surface area contributed by atoms with Crippen molar-refractivity contribution in [2.75, 3.05) is 8.61 Å². The van der Waals surface area contributed by atoms with Crippen molar-refractivity contribution in [2.45, 2.75) is 22.9 Å². The lowest BCUT2D eigenvalue weighted by molar-refractivity contribution is 0.441. The largest absolute Gasteiger partial charge is 0.424 e. The highest BCUT2D eigenvalue weighted by Gasteiger charge is 2.36. The summed E-state index contributed by atoms with van der Waals surface area (Å²) in [5.74, 6) is 1.08. The van der Waals surface area contributed by atoms with Crippen LogP contribution in [0.1, 0.15) is 11.1 Å². The summed E-state index contributed by atoms with van der Waals surface area (Å²) in [6.45, 7) is 0.510.